The van der Waals surface area contributed by atoms with Crippen molar-refractivity contribution in [2.24, 2.45) is 0 Å². The molecule has 0 spiro atoms. The van der Waals surface area contributed by atoms with Crippen molar-refractivity contribution in [3.8, 4) is 0 Å². The van der Waals surface area contributed by atoms with Crippen molar-refractivity contribution in [1.29, 1.82) is 0 Å². The average molecular weight is 236 g/mol. The Morgan fingerprint density at radius 1 is 0.933 bits per heavy atom. The lowest BCUT2D eigenvalue weighted by Crippen LogP contribution is -1.84. The van der Waals surface area contributed by atoms with Crippen molar-refractivity contribution >= 4 is 29.1 Å². The highest BCUT2D eigenvalue weighted by Crippen LogP contribution is 2.30. The molecular formula is C12H10ClNS. The SMILES string of the molecule is Nc1cc(Cl)cc(Sc2ccccc2)c1. The number of nitrogen functional groups attached to an aromatic ring is 1. The molecule has 15 heavy (non-hydrogen) atoms. The molecule has 0 aliphatic rings. The molecule has 2 aromatic carbocycles. The van der Waals surface area contributed by atoms with Gasteiger partial charge in [-0.05, 0) is 30.3 Å². The van der Waals surface area contributed by atoms with Gasteiger partial charge in [0.25, 0.3) is 0 Å². The van der Waals surface area contributed by atoms with Crippen molar-refractivity contribution in [3.63, 3.8) is 0 Å². The van der Waals surface area contributed by atoms with Gasteiger partial charge in [-0.15, -0.1) is 0 Å². The second-order valence-corrected chi connectivity index (χ2v) is 4.72. The van der Waals surface area contributed by atoms with Gasteiger partial charge in [0.2, 0.25) is 0 Å². The third-order valence-corrected chi connectivity index (χ3v) is 3.07. The minimum absolute atomic E-state index is 0.674. The summed E-state index contributed by atoms with van der Waals surface area (Å²) in [6.07, 6.45) is 0. The number of rotatable bonds is 2. The van der Waals surface area contributed by atoms with Gasteiger partial charge in [0, 0.05) is 20.5 Å². The van der Waals surface area contributed by atoms with Crippen molar-refractivity contribution in [3.05, 3.63) is 53.6 Å². The van der Waals surface area contributed by atoms with E-state index in [0.29, 0.717) is 10.7 Å². The first-order chi connectivity index (χ1) is 7.24. The summed E-state index contributed by atoms with van der Waals surface area (Å²) in [5.41, 5.74) is 6.41. The number of benzene rings is 2. The highest BCUT2D eigenvalue weighted by Gasteiger charge is 1.99. The lowest BCUT2D eigenvalue weighted by atomic mass is 10.3. The summed E-state index contributed by atoms with van der Waals surface area (Å²) < 4.78 is 0. The molecule has 0 aromatic heterocycles. The molecule has 2 rings (SSSR count). The molecule has 0 heterocycles. The van der Waals surface area contributed by atoms with E-state index >= 15 is 0 Å². The highest BCUT2D eigenvalue weighted by molar-refractivity contribution is 7.99. The molecule has 0 radical (unpaired) electrons. The minimum Gasteiger partial charge on any atom is -0.399 e. The van der Waals surface area contributed by atoms with Crippen LogP contribution in [-0.2, 0) is 0 Å². The lowest BCUT2D eigenvalue weighted by Gasteiger charge is -2.03. The Kier molecular flexibility index (Phi) is 3.19. The molecule has 2 N–H and O–H groups in total. The quantitative estimate of drug-likeness (QED) is 0.794. The largest absolute Gasteiger partial charge is 0.399 e. The monoisotopic (exact) mass is 235 g/mol. The summed E-state index contributed by atoms with van der Waals surface area (Å²) in [6, 6.07) is 15.7. The molecule has 0 aliphatic carbocycles. The summed E-state index contributed by atoms with van der Waals surface area (Å²) in [7, 11) is 0. The van der Waals surface area contributed by atoms with E-state index in [0.717, 1.165) is 4.90 Å². The van der Waals surface area contributed by atoms with Gasteiger partial charge < -0.3 is 5.73 Å². The second kappa shape index (κ2) is 4.60. The molecule has 0 unspecified atom stereocenters. The van der Waals surface area contributed by atoms with E-state index in [9.17, 15) is 0 Å². The van der Waals surface area contributed by atoms with Crippen LogP contribution in [0.2, 0.25) is 5.02 Å². The van der Waals surface area contributed by atoms with E-state index in [1.807, 2.05) is 30.3 Å². The molecule has 0 saturated carbocycles. The first-order valence-corrected chi connectivity index (χ1v) is 5.72. The molecule has 0 aliphatic heterocycles. The van der Waals surface area contributed by atoms with Crippen LogP contribution in [0.15, 0.2) is 58.3 Å². The maximum atomic E-state index is 5.92. The molecular weight excluding hydrogens is 226 g/mol. The smallest absolute Gasteiger partial charge is 0.0437 e. The van der Waals surface area contributed by atoms with Gasteiger partial charge in [-0.25, -0.2) is 0 Å². The highest BCUT2D eigenvalue weighted by atomic mass is 35.5. The Labute approximate surface area is 98.3 Å². The predicted molar refractivity (Wildman–Crippen MR) is 66.4 cm³/mol. The Bertz CT molecular complexity index is 436. The van der Waals surface area contributed by atoms with Crippen LogP contribution in [0.3, 0.4) is 0 Å². The van der Waals surface area contributed by atoms with Crippen LogP contribution in [0.4, 0.5) is 5.69 Å². The van der Waals surface area contributed by atoms with E-state index < -0.39 is 0 Å². The standard InChI is InChI=1S/C12H10ClNS/c13-9-6-10(14)8-12(7-9)15-11-4-2-1-3-5-11/h1-8H,14H2. The van der Waals surface area contributed by atoms with E-state index in [1.54, 1.807) is 17.8 Å². The zero-order valence-corrected chi connectivity index (χ0v) is 9.55. The van der Waals surface area contributed by atoms with Gasteiger partial charge >= 0.3 is 0 Å². The van der Waals surface area contributed by atoms with E-state index in [1.165, 1.54) is 4.90 Å². The maximum Gasteiger partial charge on any atom is 0.0437 e. The topological polar surface area (TPSA) is 26.0 Å². The van der Waals surface area contributed by atoms with Crippen LogP contribution >= 0.6 is 23.4 Å². The van der Waals surface area contributed by atoms with Gasteiger partial charge in [-0.3, -0.25) is 0 Å². The summed E-state index contributed by atoms with van der Waals surface area (Å²) in [5.74, 6) is 0. The normalized spacial score (nSPS) is 10.2. The number of hydrogen-bond donors (Lipinski definition) is 1. The van der Waals surface area contributed by atoms with Crippen LogP contribution in [0.25, 0.3) is 0 Å². The second-order valence-electron chi connectivity index (χ2n) is 3.14. The maximum absolute atomic E-state index is 5.92. The molecule has 3 heteroatoms. The molecule has 76 valence electrons. The van der Waals surface area contributed by atoms with Gasteiger partial charge in [0.15, 0.2) is 0 Å². The lowest BCUT2D eigenvalue weighted by molar-refractivity contribution is 1.41. The summed E-state index contributed by atoms with van der Waals surface area (Å²) in [4.78, 5) is 2.24. The zero-order valence-electron chi connectivity index (χ0n) is 7.98. The molecule has 0 fully saturated rings. The van der Waals surface area contributed by atoms with Crippen molar-refractivity contribution < 1.29 is 0 Å². The fourth-order valence-corrected chi connectivity index (χ4v) is 2.52. The molecule has 0 amide bonds. The third-order valence-electron chi connectivity index (χ3n) is 1.87. The first-order valence-electron chi connectivity index (χ1n) is 4.53. The Morgan fingerprint density at radius 3 is 2.33 bits per heavy atom. The molecule has 2 aromatic rings. The van der Waals surface area contributed by atoms with Crippen LogP contribution in [-0.4, -0.2) is 0 Å². The Hall–Kier alpha value is -1.12. The van der Waals surface area contributed by atoms with Crippen LogP contribution in [0.5, 0.6) is 0 Å². The molecule has 0 bridgehead atoms. The first kappa shape index (κ1) is 10.4. The number of halogens is 1. The van der Waals surface area contributed by atoms with Crippen LogP contribution in [0, 0.1) is 0 Å². The van der Waals surface area contributed by atoms with Crippen LogP contribution < -0.4 is 5.73 Å². The molecule has 0 atom stereocenters. The summed E-state index contributed by atoms with van der Waals surface area (Å²) >= 11 is 7.57. The van der Waals surface area contributed by atoms with Crippen molar-refractivity contribution in [1.82, 2.24) is 0 Å². The third kappa shape index (κ3) is 2.91. The van der Waals surface area contributed by atoms with Gasteiger partial charge in [0.1, 0.15) is 0 Å². The zero-order chi connectivity index (χ0) is 10.7. The van der Waals surface area contributed by atoms with Crippen molar-refractivity contribution in [2.75, 3.05) is 5.73 Å². The summed E-state index contributed by atoms with van der Waals surface area (Å²) in [6.45, 7) is 0. The molecule has 0 saturated heterocycles. The molecule has 1 nitrogen and oxygen atoms in total. The number of nitrogens with two attached hydrogens (primary N) is 1. The predicted octanol–water partition coefficient (Wildman–Crippen LogP) is 4.07. The average Bonchev–Trinajstić information content (AvgIpc) is 2.17. The fourth-order valence-electron chi connectivity index (χ4n) is 1.27. The number of anilines is 1. The Morgan fingerprint density at radius 2 is 1.67 bits per heavy atom. The summed E-state index contributed by atoms with van der Waals surface area (Å²) in [5, 5.41) is 0.674. The Balaban J connectivity index is 2.25. The van der Waals surface area contributed by atoms with Gasteiger partial charge in [-0.1, -0.05) is 41.6 Å². The van der Waals surface area contributed by atoms with E-state index in [4.69, 9.17) is 17.3 Å². The van der Waals surface area contributed by atoms with Crippen LogP contribution in [0.1, 0.15) is 0 Å². The fraction of sp³-hybridized carbons (Fsp3) is 0. The minimum atomic E-state index is 0.674. The van der Waals surface area contributed by atoms with Crippen molar-refractivity contribution in [2.45, 2.75) is 9.79 Å². The van der Waals surface area contributed by atoms with Gasteiger partial charge in [-0.2, -0.15) is 0 Å². The van der Waals surface area contributed by atoms with Gasteiger partial charge in [0.05, 0.1) is 0 Å². The number of hydrogen-bond acceptors (Lipinski definition) is 2. The van der Waals surface area contributed by atoms with E-state index in [-0.39, 0.29) is 0 Å². The van der Waals surface area contributed by atoms with E-state index in [2.05, 4.69) is 12.1 Å².